The van der Waals surface area contributed by atoms with Crippen molar-refractivity contribution < 1.29 is 33.8 Å². The number of fused-ring (bicyclic) bond motifs is 1. The topological polar surface area (TPSA) is 153 Å². The molecule has 0 saturated carbocycles. The highest BCUT2D eigenvalue weighted by Crippen LogP contribution is 2.36. The summed E-state index contributed by atoms with van der Waals surface area (Å²) in [5.41, 5.74) is 6.12. The van der Waals surface area contributed by atoms with Crippen LogP contribution in [0.4, 0.5) is 0 Å². The number of piperidine rings is 1. The lowest BCUT2D eigenvalue weighted by Gasteiger charge is -2.42. The van der Waals surface area contributed by atoms with Crippen LogP contribution in [0.1, 0.15) is 63.6 Å². The van der Waals surface area contributed by atoms with Crippen molar-refractivity contribution in [2.24, 2.45) is 0 Å². The summed E-state index contributed by atoms with van der Waals surface area (Å²) in [6.07, 6.45) is 0.846. The monoisotopic (exact) mass is 784 g/mol. The van der Waals surface area contributed by atoms with E-state index >= 15 is 0 Å². The minimum Gasteiger partial charge on any atom is -0.508 e. The number of phenols is 1. The number of ether oxygens (including phenoxy) is 2. The van der Waals surface area contributed by atoms with Gasteiger partial charge in [0.1, 0.15) is 42.3 Å². The van der Waals surface area contributed by atoms with Gasteiger partial charge < -0.3 is 14.6 Å². The first-order chi connectivity index (χ1) is 28.2. The lowest BCUT2D eigenvalue weighted by atomic mass is 9.88. The summed E-state index contributed by atoms with van der Waals surface area (Å²) in [5.74, 6) is -0.604. The lowest BCUT2D eigenvalue weighted by molar-refractivity contribution is -0.136. The Morgan fingerprint density at radius 2 is 1.41 bits per heavy atom. The third-order valence-corrected chi connectivity index (χ3v) is 11.3. The fraction of sp³-hybridized carbons (Fsp3) is 0.333. The van der Waals surface area contributed by atoms with Gasteiger partial charge in [-0.3, -0.25) is 49.8 Å². The molecule has 0 aliphatic carbocycles. The van der Waals surface area contributed by atoms with Gasteiger partial charge >= 0.3 is 0 Å². The number of hydrogen-bond acceptors (Lipinski definition) is 11. The van der Waals surface area contributed by atoms with Crippen molar-refractivity contribution in [1.82, 2.24) is 30.7 Å². The Labute approximate surface area is 337 Å². The van der Waals surface area contributed by atoms with E-state index in [-0.39, 0.29) is 42.1 Å². The normalized spacial score (nSPS) is 22.0. The van der Waals surface area contributed by atoms with Crippen molar-refractivity contribution in [2.75, 3.05) is 52.4 Å². The van der Waals surface area contributed by atoms with Crippen LogP contribution >= 0.6 is 0 Å². The number of imide groups is 2. The number of phenolic OH excluding ortho intramolecular Hbond substituents is 1. The molecule has 4 aliphatic heterocycles. The lowest BCUT2D eigenvalue weighted by Crippen LogP contribution is -2.66. The number of allylic oxidation sites excluding steroid dienone is 1. The van der Waals surface area contributed by atoms with Crippen LogP contribution in [0.5, 0.6) is 17.2 Å². The number of carbonyl (C=O) groups excluding carboxylic acids is 4. The molecule has 13 nitrogen and oxygen atoms in total. The summed E-state index contributed by atoms with van der Waals surface area (Å²) >= 11 is 0. The predicted molar refractivity (Wildman–Crippen MR) is 218 cm³/mol. The number of rotatable bonds is 12. The number of nitrogens with zero attached hydrogens (tertiary/aromatic N) is 3. The zero-order valence-corrected chi connectivity index (χ0v) is 32.5. The summed E-state index contributed by atoms with van der Waals surface area (Å²) in [7, 11) is 0. The van der Waals surface area contributed by atoms with Gasteiger partial charge in [-0.1, -0.05) is 61.5 Å². The predicted octanol–water partition coefficient (Wildman–Crippen LogP) is 4.08. The zero-order chi connectivity index (χ0) is 40.2. The first kappa shape index (κ1) is 39.0. The molecule has 4 amide bonds. The van der Waals surface area contributed by atoms with Crippen LogP contribution < -0.4 is 25.4 Å². The van der Waals surface area contributed by atoms with E-state index in [0.717, 1.165) is 66.5 Å². The van der Waals surface area contributed by atoms with Gasteiger partial charge in [0.25, 0.3) is 11.8 Å². The molecule has 4 aliphatic rings. The van der Waals surface area contributed by atoms with Gasteiger partial charge in [0, 0.05) is 52.2 Å². The van der Waals surface area contributed by atoms with Crippen molar-refractivity contribution in [3.8, 4) is 17.2 Å². The molecule has 8 rings (SSSR count). The summed E-state index contributed by atoms with van der Waals surface area (Å²) in [6, 6.07) is 29.9. The molecule has 1 unspecified atom stereocenters. The maximum atomic E-state index is 13.2. The molecule has 300 valence electrons. The van der Waals surface area contributed by atoms with Gasteiger partial charge in [0.05, 0.1) is 11.1 Å². The second kappa shape index (κ2) is 17.3. The Bertz CT molecular complexity index is 2180. The van der Waals surface area contributed by atoms with Crippen molar-refractivity contribution in [1.29, 1.82) is 0 Å². The number of nitrogens with one attached hydrogen (secondary N) is 3. The van der Waals surface area contributed by atoms with Gasteiger partial charge in [-0.2, -0.15) is 0 Å². The summed E-state index contributed by atoms with van der Waals surface area (Å²) in [6.45, 7) is 8.38. The highest BCUT2D eigenvalue weighted by Gasteiger charge is 2.45. The van der Waals surface area contributed by atoms with Crippen molar-refractivity contribution in [3.63, 3.8) is 0 Å². The number of amides is 4. The summed E-state index contributed by atoms with van der Waals surface area (Å²) in [4.78, 5) is 56.0. The second-order valence-electron chi connectivity index (χ2n) is 15.0. The Morgan fingerprint density at radius 3 is 2.09 bits per heavy atom. The minimum atomic E-state index is -1.01. The molecule has 4 N–H and O–H groups in total. The Morgan fingerprint density at radius 1 is 0.759 bits per heavy atom. The maximum absolute atomic E-state index is 13.2. The number of carbonyl (C=O) groups is 4. The van der Waals surface area contributed by atoms with Crippen LogP contribution in [0, 0.1) is 0 Å². The first-order valence-electron chi connectivity index (χ1n) is 20.0. The Hall–Kier alpha value is -5.86. The van der Waals surface area contributed by atoms with Gasteiger partial charge in [-0.15, -0.1) is 0 Å². The first-order valence-corrected chi connectivity index (χ1v) is 20.0. The molecule has 0 spiro atoms. The largest absolute Gasteiger partial charge is 0.508 e. The highest BCUT2D eigenvalue weighted by molar-refractivity contribution is 6.23. The Kier molecular flexibility index (Phi) is 11.6. The van der Waals surface area contributed by atoms with E-state index in [1.54, 1.807) is 30.3 Å². The Balaban J connectivity index is 0.789. The van der Waals surface area contributed by atoms with E-state index in [1.165, 1.54) is 11.1 Å². The molecule has 4 aromatic rings. The zero-order valence-electron chi connectivity index (χ0n) is 32.5. The molecule has 0 radical (unpaired) electrons. The number of benzene rings is 4. The molecule has 13 heteroatoms. The third-order valence-electron chi connectivity index (χ3n) is 11.3. The molecule has 3 fully saturated rings. The molecule has 3 saturated heterocycles. The average molecular weight is 785 g/mol. The molecule has 0 aromatic heterocycles. The maximum Gasteiger partial charge on any atom is 0.262 e. The van der Waals surface area contributed by atoms with Crippen molar-refractivity contribution in [2.45, 2.75) is 44.6 Å². The SMILES string of the molecule is CC/C(=C(\c1ccc(O)cc1)c1ccc(OCCN2CCN(C3NCC(Oc4ccc5c(c4)C(=O)N(C4CCC(=O)NC4=O)C5=O)CN3)CC2)cc1)c1ccccc1. The number of piperazine rings is 1. The third kappa shape index (κ3) is 8.39. The molecule has 0 bridgehead atoms. The number of hydrogen-bond donors (Lipinski definition) is 4. The van der Waals surface area contributed by atoms with Crippen LogP contribution in [-0.4, -0.2) is 114 Å². The minimum absolute atomic E-state index is 0.00805. The summed E-state index contributed by atoms with van der Waals surface area (Å²) < 4.78 is 12.4. The summed E-state index contributed by atoms with van der Waals surface area (Å²) in [5, 5.41) is 19.3. The van der Waals surface area contributed by atoms with Crippen LogP contribution in [-0.2, 0) is 9.59 Å². The molecule has 58 heavy (non-hydrogen) atoms. The van der Waals surface area contributed by atoms with Crippen LogP contribution in [0.15, 0.2) is 97.1 Å². The van der Waals surface area contributed by atoms with Crippen LogP contribution in [0.3, 0.4) is 0 Å². The molecule has 1 atom stereocenters. The van der Waals surface area contributed by atoms with E-state index in [2.05, 4.69) is 69.1 Å². The van der Waals surface area contributed by atoms with Crippen LogP contribution in [0.2, 0.25) is 0 Å². The van der Waals surface area contributed by atoms with Gasteiger partial charge in [-0.05, 0) is 83.1 Å². The molecule has 4 aromatic carbocycles. The smallest absolute Gasteiger partial charge is 0.262 e. The average Bonchev–Trinajstić information content (AvgIpc) is 3.49. The fourth-order valence-electron chi connectivity index (χ4n) is 8.25. The van der Waals surface area contributed by atoms with E-state index in [1.807, 2.05) is 30.3 Å². The number of aromatic hydroxyl groups is 1. The fourth-order valence-corrected chi connectivity index (χ4v) is 8.25. The molecular formula is C45H48N6O7. The van der Waals surface area contributed by atoms with E-state index < -0.39 is 29.7 Å². The van der Waals surface area contributed by atoms with E-state index in [9.17, 15) is 24.3 Å². The van der Waals surface area contributed by atoms with Crippen LogP contribution in [0.25, 0.3) is 11.1 Å². The standard InChI is InChI=1S/C45H48N6O7/c1-2-36(29-6-4-3-5-7-29)41(30-8-12-32(52)13-9-30)31-10-14-33(15-11-31)57-25-24-49-20-22-50(23-21-49)45-46-27-35(28-47-45)58-34-16-17-37-38(26-34)44(56)51(43(37)55)39-18-19-40(53)48-42(39)54/h3-17,26,35,39,45-47,52H,2,18-25,27-28H2,1H3,(H,48,53,54)/b41-36-. The van der Waals surface area contributed by atoms with Gasteiger partial charge in [0.2, 0.25) is 11.8 Å². The molecular weight excluding hydrogens is 737 g/mol. The van der Waals surface area contributed by atoms with Gasteiger partial charge in [-0.25, -0.2) is 0 Å². The highest BCUT2D eigenvalue weighted by atomic mass is 16.5. The second-order valence-corrected chi connectivity index (χ2v) is 15.0. The van der Waals surface area contributed by atoms with Crippen molar-refractivity contribution >= 4 is 34.8 Å². The quantitative estimate of drug-likeness (QED) is 0.122. The van der Waals surface area contributed by atoms with E-state index in [4.69, 9.17) is 9.47 Å². The van der Waals surface area contributed by atoms with Gasteiger partial charge in [0.15, 0.2) is 0 Å². The van der Waals surface area contributed by atoms with E-state index in [0.29, 0.717) is 25.4 Å². The molecule has 4 heterocycles. The van der Waals surface area contributed by atoms with Crippen molar-refractivity contribution in [3.05, 3.63) is 125 Å².